The van der Waals surface area contributed by atoms with Gasteiger partial charge in [0.2, 0.25) is 0 Å². The predicted molar refractivity (Wildman–Crippen MR) is 128 cm³/mol. The van der Waals surface area contributed by atoms with Crippen LogP contribution in [0.15, 0.2) is 24.3 Å². The first-order valence-corrected chi connectivity index (χ1v) is 13.1. The van der Waals surface area contributed by atoms with E-state index >= 15 is 0 Å². The largest absolute Gasteiger partial charge is 0.352 e. The average Bonchev–Trinajstić information content (AvgIpc) is 3.51. The van der Waals surface area contributed by atoms with Gasteiger partial charge in [-0.2, -0.15) is 0 Å². The zero-order chi connectivity index (χ0) is 20.4. The summed E-state index contributed by atoms with van der Waals surface area (Å²) < 4.78 is 0. The van der Waals surface area contributed by atoms with Gasteiger partial charge in [-0.15, -0.1) is 0 Å². The monoisotopic (exact) mass is 409 g/mol. The first-order valence-electron chi connectivity index (χ1n) is 13.1. The average molecular weight is 410 g/mol. The molecule has 2 aliphatic carbocycles. The van der Waals surface area contributed by atoms with E-state index in [1.165, 1.54) is 115 Å². The maximum Gasteiger partial charge on any atom is 0.0907 e. The van der Waals surface area contributed by atoms with Gasteiger partial charge in [-0.05, 0) is 68.4 Å². The lowest BCUT2D eigenvalue weighted by Gasteiger charge is -2.43. The van der Waals surface area contributed by atoms with Crippen LogP contribution in [0.1, 0.15) is 84.0 Å². The molecule has 0 bridgehead atoms. The Morgan fingerprint density at radius 2 is 1.53 bits per heavy atom. The number of likely N-dealkylation sites (tertiary alicyclic amines) is 1. The van der Waals surface area contributed by atoms with Crippen molar-refractivity contribution in [2.45, 2.75) is 90.0 Å². The lowest BCUT2D eigenvalue weighted by molar-refractivity contribution is 0.0920. The maximum atomic E-state index is 2.84. The van der Waals surface area contributed by atoms with E-state index in [2.05, 4.69) is 45.9 Å². The van der Waals surface area contributed by atoms with Gasteiger partial charge in [-0.3, -0.25) is 0 Å². The SMILES string of the molecule is CCC1(CN2CCC(N3CN(CC4CC4)c4ccccc43)CC2)CCCCCCC1. The molecule has 30 heavy (non-hydrogen) atoms. The summed E-state index contributed by atoms with van der Waals surface area (Å²) in [4.78, 5) is 8.26. The van der Waals surface area contributed by atoms with Crippen molar-refractivity contribution >= 4 is 11.4 Å². The standard InChI is InChI=1S/C27H43N3/c1-2-27(16-8-4-3-5-9-17-27)21-28-18-14-24(15-19-28)30-22-29(20-23-12-13-23)25-10-6-7-11-26(25)30/h6-7,10-11,23-24H,2-5,8-9,12-22H2,1H3. The quantitative estimate of drug-likeness (QED) is 0.547. The highest BCUT2D eigenvalue weighted by Gasteiger charge is 2.37. The van der Waals surface area contributed by atoms with Crippen LogP contribution in [0.4, 0.5) is 11.4 Å². The minimum Gasteiger partial charge on any atom is -0.352 e. The van der Waals surface area contributed by atoms with Gasteiger partial charge in [-0.1, -0.05) is 51.2 Å². The van der Waals surface area contributed by atoms with Crippen LogP contribution in [0.25, 0.3) is 0 Å². The van der Waals surface area contributed by atoms with Crippen LogP contribution in [0.3, 0.4) is 0 Å². The number of piperidine rings is 1. The second kappa shape index (κ2) is 9.10. The lowest BCUT2D eigenvalue weighted by Crippen LogP contribution is -2.49. The Morgan fingerprint density at radius 3 is 2.20 bits per heavy atom. The van der Waals surface area contributed by atoms with E-state index in [1.807, 2.05) is 0 Å². The molecule has 5 rings (SSSR count). The minimum absolute atomic E-state index is 0.606. The predicted octanol–water partition coefficient (Wildman–Crippen LogP) is 6.29. The molecule has 0 spiro atoms. The Morgan fingerprint density at radius 1 is 0.867 bits per heavy atom. The Hall–Kier alpha value is -1.22. The third-order valence-corrected chi connectivity index (χ3v) is 8.75. The molecule has 1 aromatic rings. The molecule has 0 amide bonds. The van der Waals surface area contributed by atoms with Crippen LogP contribution < -0.4 is 9.80 Å². The molecular weight excluding hydrogens is 366 g/mol. The van der Waals surface area contributed by atoms with Crippen molar-refractivity contribution in [3.05, 3.63) is 24.3 Å². The summed E-state index contributed by atoms with van der Waals surface area (Å²) in [6, 6.07) is 9.91. The molecule has 4 aliphatic rings. The lowest BCUT2D eigenvalue weighted by atomic mass is 9.73. The zero-order valence-electron chi connectivity index (χ0n) is 19.3. The molecule has 3 nitrogen and oxygen atoms in total. The molecular formula is C27H43N3. The van der Waals surface area contributed by atoms with Crippen LogP contribution >= 0.6 is 0 Å². The van der Waals surface area contributed by atoms with E-state index in [-0.39, 0.29) is 0 Å². The summed E-state index contributed by atoms with van der Waals surface area (Å²) in [7, 11) is 0. The van der Waals surface area contributed by atoms with Gasteiger partial charge in [-0.25, -0.2) is 0 Å². The van der Waals surface area contributed by atoms with Gasteiger partial charge in [0, 0.05) is 32.2 Å². The third kappa shape index (κ3) is 4.52. The molecule has 3 heteroatoms. The molecule has 0 N–H and O–H groups in total. The number of nitrogens with zero attached hydrogens (tertiary/aromatic N) is 3. The van der Waals surface area contributed by atoms with E-state index in [0.29, 0.717) is 5.41 Å². The zero-order valence-corrected chi connectivity index (χ0v) is 19.3. The molecule has 1 saturated heterocycles. The van der Waals surface area contributed by atoms with Crippen molar-refractivity contribution in [3.8, 4) is 0 Å². The number of benzene rings is 1. The fraction of sp³-hybridized carbons (Fsp3) is 0.778. The Balaban J connectivity index is 1.19. The fourth-order valence-corrected chi connectivity index (χ4v) is 6.53. The van der Waals surface area contributed by atoms with E-state index in [0.717, 1.165) is 18.6 Å². The number of anilines is 2. The van der Waals surface area contributed by atoms with Crippen LogP contribution in [-0.2, 0) is 0 Å². The molecule has 0 atom stereocenters. The second-order valence-electron chi connectivity index (χ2n) is 10.9. The molecule has 2 aliphatic heterocycles. The summed E-state index contributed by atoms with van der Waals surface area (Å²) in [5.41, 5.74) is 3.60. The Bertz CT molecular complexity index is 681. The van der Waals surface area contributed by atoms with Crippen LogP contribution in [0, 0.1) is 11.3 Å². The van der Waals surface area contributed by atoms with Crippen molar-refractivity contribution in [2.75, 3.05) is 42.6 Å². The number of hydrogen-bond acceptors (Lipinski definition) is 3. The van der Waals surface area contributed by atoms with Gasteiger partial charge >= 0.3 is 0 Å². The maximum absolute atomic E-state index is 2.84. The van der Waals surface area contributed by atoms with Crippen molar-refractivity contribution in [3.63, 3.8) is 0 Å². The van der Waals surface area contributed by atoms with Crippen molar-refractivity contribution < 1.29 is 0 Å². The van der Waals surface area contributed by atoms with E-state index < -0.39 is 0 Å². The highest BCUT2D eigenvalue weighted by Crippen LogP contribution is 2.42. The molecule has 2 heterocycles. The molecule has 0 aromatic heterocycles. The molecule has 166 valence electrons. The van der Waals surface area contributed by atoms with Crippen LogP contribution in [-0.4, -0.2) is 43.8 Å². The first-order chi connectivity index (χ1) is 14.8. The van der Waals surface area contributed by atoms with Crippen molar-refractivity contribution in [1.29, 1.82) is 0 Å². The van der Waals surface area contributed by atoms with Gasteiger partial charge in [0.05, 0.1) is 18.0 Å². The van der Waals surface area contributed by atoms with E-state index in [1.54, 1.807) is 0 Å². The van der Waals surface area contributed by atoms with Crippen LogP contribution in [0.2, 0.25) is 0 Å². The van der Waals surface area contributed by atoms with Crippen molar-refractivity contribution in [1.82, 2.24) is 4.90 Å². The number of hydrogen-bond donors (Lipinski definition) is 0. The number of fused-ring (bicyclic) bond motifs is 1. The first kappa shape index (κ1) is 20.7. The summed E-state index contributed by atoms with van der Waals surface area (Å²) in [6.45, 7) is 8.82. The number of rotatable bonds is 6. The summed E-state index contributed by atoms with van der Waals surface area (Å²) in [5.74, 6) is 0.953. The molecule has 0 radical (unpaired) electrons. The van der Waals surface area contributed by atoms with E-state index in [9.17, 15) is 0 Å². The summed E-state index contributed by atoms with van der Waals surface area (Å²) in [5, 5.41) is 0. The normalized spacial score (nSPS) is 25.8. The Kier molecular flexibility index (Phi) is 6.27. The van der Waals surface area contributed by atoms with E-state index in [4.69, 9.17) is 0 Å². The number of para-hydroxylation sites is 2. The van der Waals surface area contributed by atoms with Gasteiger partial charge in [0.15, 0.2) is 0 Å². The van der Waals surface area contributed by atoms with Crippen molar-refractivity contribution in [2.24, 2.45) is 11.3 Å². The minimum atomic E-state index is 0.606. The van der Waals surface area contributed by atoms with Crippen LogP contribution in [0.5, 0.6) is 0 Å². The molecule has 0 unspecified atom stereocenters. The fourth-order valence-electron chi connectivity index (χ4n) is 6.53. The van der Waals surface area contributed by atoms with Gasteiger partial charge in [0.25, 0.3) is 0 Å². The van der Waals surface area contributed by atoms with Gasteiger partial charge < -0.3 is 14.7 Å². The van der Waals surface area contributed by atoms with Gasteiger partial charge in [0.1, 0.15) is 0 Å². The molecule has 2 saturated carbocycles. The highest BCUT2D eigenvalue weighted by atomic mass is 15.4. The topological polar surface area (TPSA) is 9.72 Å². The highest BCUT2D eigenvalue weighted by molar-refractivity contribution is 5.76. The second-order valence-corrected chi connectivity index (χ2v) is 10.9. The third-order valence-electron chi connectivity index (χ3n) is 8.75. The smallest absolute Gasteiger partial charge is 0.0907 e. The summed E-state index contributed by atoms with van der Waals surface area (Å²) in [6.07, 6.45) is 17.2. The Labute approximate surface area is 184 Å². The molecule has 1 aromatic carbocycles. The summed E-state index contributed by atoms with van der Waals surface area (Å²) >= 11 is 0. The molecule has 3 fully saturated rings.